The molecule has 0 aliphatic rings. The SMILES string of the molecule is CCCCN(C)C(=O)Cn1c(C(C)(C)C)nc2ccccc21. The summed E-state index contributed by atoms with van der Waals surface area (Å²) in [6.45, 7) is 9.71. The molecule has 1 heterocycles. The molecular formula is C18H27N3O. The number of rotatable bonds is 5. The van der Waals surface area contributed by atoms with E-state index in [4.69, 9.17) is 4.98 Å². The third-order valence-corrected chi connectivity index (χ3v) is 3.89. The van der Waals surface area contributed by atoms with Crippen molar-refractivity contribution in [3.05, 3.63) is 30.1 Å². The summed E-state index contributed by atoms with van der Waals surface area (Å²) in [5.74, 6) is 1.10. The minimum Gasteiger partial charge on any atom is -0.344 e. The number of hydrogen-bond donors (Lipinski definition) is 0. The van der Waals surface area contributed by atoms with Gasteiger partial charge >= 0.3 is 0 Å². The first-order valence-corrected chi connectivity index (χ1v) is 8.04. The van der Waals surface area contributed by atoms with E-state index in [2.05, 4.69) is 32.3 Å². The molecule has 1 aromatic heterocycles. The number of aromatic nitrogens is 2. The Labute approximate surface area is 133 Å². The molecule has 0 unspecified atom stereocenters. The van der Waals surface area contributed by atoms with Crippen molar-refractivity contribution >= 4 is 16.9 Å². The number of hydrogen-bond acceptors (Lipinski definition) is 2. The molecule has 0 fully saturated rings. The second-order valence-corrected chi connectivity index (χ2v) is 6.93. The Morgan fingerprint density at radius 1 is 1.27 bits per heavy atom. The van der Waals surface area contributed by atoms with Crippen LogP contribution in [0.3, 0.4) is 0 Å². The lowest BCUT2D eigenvalue weighted by molar-refractivity contribution is -0.130. The molecule has 0 bridgehead atoms. The van der Waals surface area contributed by atoms with Crippen LogP contribution in [0, 0.1) is 0 Å². The molecule has 4 heteroatoms. The van der Waals surface area contributed by atoms with E-state index in [1.54, 1.807) is 0 Å². The van der Waals surface area contributed by atoms with E-state index in [9.17, 15) is 4.79 Å². The van der Waals surface area contributed by atoms with Gasteiger partial charge in [-0.1, -0.05) is 46.2 Å². The van der Waals surface area contributed by atoms with Gasteiger partial charge in [0.2, 0.25) is 5.91 Å². The molecular weight excluding hydrogens is 274 g/mol. The van der Waals surface area contributed by atoms with E-state index in [-0.39, 0.29) is 11.3 Å². The molecule has 0 N–H and O–H groups in total. The number of benzene rings is 1. The van der Waals surface area contributed by atoms with Gasteiger partial charge in [0.05, 0.1) is 11.0 Å². The van der Waals surface area contributed by atoms with Gasteiger partial charge in [-0.3, -0.25) is 4.79 Å². The van der Waals surface area contributed by atoms with Crippen LogP contribution in [-0.2, 0) is 16.8 Å². The first-order valence-electron chi connectivity index (χ1n) is 8.04. The van der Waals surface area contributed by atoms with Crippen LogP contribution in [0.15, 0.2) is 24.3 Å². The molecule has 4 nitrogen and oxygen atoms in total. The lowest BCUT2D eigenvalue weighted by Crippen LogP contribution is -2.32. The maximum absolute atomic E-state index is 12.5. The quantitative estimate of drug-likeness (QED) is 0.846. The third kappa shape index (κ3) is 3.49. The number of nitrogens with zero attached hydrogens (tertiary/aromatic N) is 3. The van der Waals surface area contributed by atoms with Crippen LogP contribution >= 0.6 is 0 Å². The Kier molecular flexibility index (Phi) is 4.89. The highest BCUT2D eigenvalue weighted by Gasteiger charge is 2.24. The van der Waals surface area contributed by atoms with E-state index >= 15 is 0 Å². The molecule has 0 atom stereocenters. The molecule has 0 aliphatic heterocycles. The Morgan fingerprint density at radius 2 is 1.95 bits per heavy atom. The molecule has 120 valence electrons. The van der Waals surface area contributed by atoms with Crippen molar-refractivity contribution in [3.8, 4) is 0 Å². The van der Waals surface area contributed by atoms with Crippen LogP contribution in [-0.4, -0.2) is 34.0 Å². The van der Waals surface area contributed by atoms with Gasteiger partial charge in [-0.15, -0.1) is 0 Å². The van der Waals surface area contributed by atoms with Crippen molar-refractivity contribution in [3.63, 3.8) is 0 Å². The summed E-state index contributed by atoms with van der Waals surface area (Å²) in [5, 5.41) is 0. The van der Waals surface area contributed by atoms with E-state index in [1.807, 2.05) is 36.2 Å². The van der Waals surface area contributed by atoms with Gasteiger partial charge < -0.3 is 9.47 Å². The van der Waals surface area contributed by atoms with E-state index < -0.39 is 0 Å². The number of amides is 1. The van der Waals surface area contributed by atoms with Gasteiger partial charge in [0.25, 0.3) is 0 Å². The molecule has 0 aliphatic carbocycles. The Morgan fingerprint density at radius 3 is 2.59 bits per heavy atom. The number of carbonyl (C=O) groups excluding carboxylic acids is 1. The molecule has 2 aromatic rings. The summed E-state index contributed by atoms with van der Waals surface area (Å²) in [4.78, 5) is 19.1. The summed E-state index contributed by atoms with van der Waals surface area (Å²) >= 11 is 0. The highest BCUT2D eigenvalue weighted by Crippen LogP contribution is 2.26. The fraction of sp³-hybridized carbons (Fsp3) is 0.556. The van der Waals surface area contributed by atoms with Crippen molar-refractivity contribution in [1.29, 1.82) is 0 Å². The van der Waals surface area contributed by atoms with Crippen LogP contribution in [0.4, 0.5) is 0 Å². The standard InChI is InChI=1S/C18H27N3O/c1-6-7-12-20(5)16(22)13-21-15-11-9-8-10-14(15)19-17(21)18(2,3)4/h8-11H,6-7,12-13H2,1-5H3. The summed E-state index contributed by atoms with van der Waals surface area (Å²) in [6.07, 6.45) is 2.14. The van der Waals surface area contributed by atoms with Crippen LogP contribution in [0.25, 0.3) is 11.0 Å². The van der Waals surface area contributed by atoms with Crippen molar-refractivity contribution in [1.82, 2.24) is 14.5 Å². The summed E-state index contributed by atoms with van der Waals surface area (Å²) in [5.41, 5.74) is 1.89. The van der Waals surface area contributed by atoms with E-state index in [0.29, 0.717) is 6.54 Å². The number of imidazole rings is 1. The average molecular weight is 301 g/mol. The summed E-state index contributed by atoms with van der Waals surface area (Å²) < 4.78 is 2.07. The largest absolute Gasteiger partial charge is 0.344 e. The molecule has 1 amide bonds. The highest BCUT2D eigenvalue weighted by molar-refractivity contribution is 5.81. The molecule has 0 saturated carbocycles. The van der Waals surface area contributed by atoms with Crippen molar-refractivity contribution < 1.29 is 4.79 Å². The molecule has 0 spiro atoms. The Balaban J connectivity index is 2.35. The second-order valence-electron chi connectivity index (χ2n) is 6.93. The van der Waals surface area contributed by atoms with Crippen LogP contribution in [0.2, 0.25) is 0 Å². The minimum absolute atomic E-state index is 0.0959. The van der Waals surface area contributed by atoms with Crippen molar-refractivity contribution in [2.45, 2.75) is 52.5 Å². The van der Waals surface area contributed by atoms with Gasteiger partial charge in [0, 0.05) is 19.0 Å². The Bertz CT molecular complexity index is 652. The lowest BCUT2D eigenvalue weighted by atomic mass is 9.95. The Hall–Kier alpha value is -1.84. The van der Waals surface area contributed by atoms with Gasteiger partial charge in [-0.05, 0) is 18.6 Å². The maximum atomic E-state index is 12.5. The third-order valence-electron chi connectivity index (χ3n) is 3.89. The fourth-order valence-electron chi connectivity index (χ4n) is 2.58. The monoisotopic (exact) mass is 301 g/mol. The lowest BCUT2D eigenvalue weighted by Gasteiger charge is -2.22. The summed E-state index contributed by atoms with van der Waals surface area (Å²) in [6, 6.07) is 8.03. The second kappa shape index (κ2) is 6.51. The van der Waals surface area contributed by atoms with Crippen LogP contribution < -0.4 is 0 Å². The fourth-order valence-corrected chi connectivity index (χ4v) is 2.58. The average Bonchev–Trinajstić information content (AvgIpc) is 2.83. The smallest absolute Gasteiger partial charge is 0.242 e. The zero-order chi connectivity index (χ0) is 16.3. The number of para-hydroxylation sites is 2. The van der Waals surface area contributed by atoms with E-state index in [0.717, 1.165) is 36.2 Å². The van der Waals surface area contributed by atoms with Gasteiger partial charge in [-0.25, -0.2) is 4.98 Å². The van der Waals surface area contributed by atoms with Crippen molar-refractivity contribution in [2.24, 2.45) is 0 Å². The molecule has 0 radical (unpaired) electrons. The van der Waals surface area contributed by atoms with Gasteiger partial charge in [0.1, 0.15) is 12.4 Å². The summed E-state index contributed by atoms with van der Waals surface area (Å²) in [7, 11) is 1.88. The predicted octanol–water partition coefficient (Wildman–Crippen LogP) is 3.59. The topological polar surface area (TPSA) is 38.1 Å². The van der Waals surface area contributed by atoms with Gasteiger partial charge in [0.15, 0.2) is 0 Å². The maximum Gasteiger partial charge on any atom is 0.242 e. The minimum atomic E-state index is -0.0959. The number of fused-ring (bicyclic) bond motifs is 1. The predicted molar refractivity (Wildman–Crippen MR) is 91.0 cm³/mol. The normalized spacial score (nSPS) is 11.9. The number of carbonyl (C=O) groups is 1. The molecule has 1 aromatic carbocycles. The molecule has 0 saturated heterocycles. The van der Waals surface area contributed by atoms with E-state index in [1.165, 1.54) is 0 Å². The number of unbranched alkanes of at least 4 members (excludes halogenated alkanes) is 1. The molecule has 2 rings (SSSR count). The highest BCUT2D eigenvalue weighted by atomic mass is 16.2. The van der Waals surface area contributed by atoms with Crippen LogP contribution in [0.5, 0.6) is 0 Å². The van der Waals surface area contributed by atoms with Crippen LogP contribution in [0.1, 0.15) is 46.4 Å². The first kappa shape index (κ1) is 16.5. The van der Waals surface area contributed by atoms with Crippen molar-refractivity contribution in [2.75, 3.05) is 13.6 Å². The van der Waals surface area contributed by atoms with Gasteiger partial charge in [-0.2, -0.15) is 0 Å². The zero-order valence-electron chi connectivity index (χ0n) is 14.4. The molecule has 22 heavy (non-hydrogen) atoms. The number of likely N-dealkylation sites (N-methyl/N-ethyl adjacent to an activating group) is 1. The zero-order valence-corrected chi connectivity index (χ0v) is 14.4. The first-order chi connectivity index (χ1) is 10.3.